The van der Waals surface area contributed by atoms with Crippen molar-refractivity contribution in [2.45, 2.75) is 0 Å². The van der Waals surface area contributed by atoms with Crippen LogP contribution in [0.1, 0.15) is 10.4 Å². The van der Waals surface area contributed by atoms with E-state index in [2.05, 4.69) is 4.98 Å². The third kappa shape index (κ3) is 2.46. The number of H-pyrrole nitrogens is 1. The fourth-order valence-corrected chi connectivity index (χ4v) is 1.12. The summed E-state index contributed by atoms with van der Waals surface area (Å²) in [6.45, 7) is -0.443. The SMILES string of the molecule is N#CCN(CC#N)C(=O)c1c[nH]ccc1=O. The summed E-state index contributed by atoms with van der Waals surface area (Å²) in [7, 11) is 0. The quantitative estimate of drug-likeness (QED) is 0.710. The highest BCUT2D eigenvalue weighted by molar-refractivity contribution is 5.94. The van der Waals surface area contributed by atoms with E-state index in [1.165, 1.54) is 18.5 Å². The lowest BCUT2D eigenvalue weighted by atomic mass is 10.2. The van der Waals surface area contributed by atoms with E-state index < -0.39 is 11.3 Å². The van der Waals surface area contributed by atoms with Crippen molar-refractivity contribution in [3.05, 3.63) is 34.2 Å². The minimum Gasteiger partial charge on any atom is -0.367 e. The fraction of sp³-hybridized carbons (Fsp3) is 0.200. The zero-order valence-corrected chi connectivity index (χ0v) is 8.30. The molecule has 6 nitrogen and oxygen atoms in total. The Balaban J connectivity index is 3.01. The topological polar surface area (TPSA) is 101 Å². The molecule has 1 aromatic rings. The van der Waals surface area contributed by atoms with Gasteiger partial charge in [-0.2, -0.15) is 10.5 Å². The van der Waals surface area contributed by atoms with Crippen LogP contribution in [0.4, 0.5) is 0 Å². The molecular weight excluding hydrogens is 208 g/mol. The van der Waals surface area contributed by atoms with Crippen molar-refractivity contribution < 1.29 is 4.79 Å². The Labute approximate surface area is 91.3 Å². The number of carbonyl (C=O) groups is 1. The lowest BCUT2D eigenvalue weighted by Crippen LogP contribution is -2.34. The summed E-state index contributed by atoms with van der Waals surface area (Å²) in [5, 5.41) is 17.0. The first-order chi connectivity index (χ1) is 7.70. The van der Waals surface area contributed by atoms with E-state index in [9.17, 15) is 9.59 Å². The van der Waals surface area contributed by atoms with Gasteiger partial charge in [0.1, 0.15) is 18.7 Å². The first-order valence-corrected chi connectivity index (χ1v) is 4.41. The highest BCUT2D eigenvalue weighted by atomic mass is 16.2. The molecule has 16 heavy (non-hydrogen) atoms. The van der Waals surface area contributed by atoms with Crippen LogP contribution in [0.25, 0.3) is 0 Å². The molecule has 0 spiro atoms. The summed E-state index contributed by atoms with van der Waals surface area (Å²) in [6, 6.07) is 4.74. The summed E-state index contributed by atoms with van der Waals surface area (Å²) in [6.07, 6.45) is 2.66. The number of aromatic nitrogens is 1. The molecular formula is C10H8N4O2. The van der Waals surface area contributed by atoms with Crippen molar-refractivity contribution in [1.82, 2.24) is 9.88 Å². The number of nitrogens with one attached hydrogen (secondary N) is 1. The lowest BCUT2D eigenvalue weighted by Gasteiger charge is -2.14. The van der Waals surface area contributed by atoms with E-state index in [-0.39, 0.29) is 18.7 Å². The van der Waals surface area contributed by atoms with Crippen LogP contribution in [0.5, 0.6) is 0 Å². The molecule has 0 atom stereocenters. The van der Waals surface area contributed by atoms with E-state index in [4.69, 9.17) is 10.5 Å². The maximum atomic E-state index is 11.7. The van der Waals surface area contributed by atoms with Gasteiger partial charge in [0, 0.05) is 18.5 Å². The molecule has 1 N–H and O–H groups in total. The summed E-state index contributed by atoms with van der Waals surface area (Å²) >= 11 is 0. The second-order valence-corrected chi connectivity index (χ2v) is 2.90. The van der Waals surface area contributed by atoms with E-state index in [1.54, 1.807) is 12.1 Å². The van der Waals surface area contributed by atoms with Crippen LogP contribution < -0.4 is 5.43 Å². The average molecular weight is 216 g/mol. The molecule has 1 heterocycles. The third-order valence-electron chi connectivity index (χ3n) is 1.86. The van der Waals surface area contributed by atoms with Crippen molar-refractivity contribution >= 4 is 5.91 Å². The Kier molecular flexibility index (Phi) is 3.82. The van der Waals surface area contributed by atoms with Gasteiger partial charge < -0.3 is 9.88 Å². The molecule has 0 fully saturated rings. The Morgan fingerprint density at radius 3 is 2.50 bits per heavy atom. The summed E-state index contributed by atoms with van der Waals surface area (Å²) in [4.78, 5) is 26.7. The van der Waals surface area contributed by atoms with Crippen LogP contribution in [0.2, 0.25) is 0 Å². The van der Waals surface area contributed by atoms with Gasteiger partial charge in [-0.05, 0) is 0 Å². The summed E-state index contributed by atoms with van der Waals surface area (Å²) in [5.41, 5.74) is -0.516. The third-order valence-corrected chi connectivity index (χ3v) is 1.86. The van der Waals surface area contributed by atoms with Crippen LogP contribution in [-0.2, 0) is 0 Å². The molecule has 0 saturated carbocycles. The number of hydrogen-bond acceptors (Lipinski definition) is 4. The Hall–Kier alpha value is -2.60. The number of hydrogen-bond donors (Lipinski definition) is 1. The van der Waals surface area contributed by atoms with Crippen molar-refractivity contribution in [2.75, 3.05) is 13.1 Å². The second kappa shape index (κ2) is 5.32. The van der Waals surface area contributed by atoms with E-state index in [1.807, 2.05) is 0 Å². The summed E-state index contributed by atoms with van der Waals surface area (Å²) in [5.74, 6) is -0.620. The van der Waals surface area contributed by atoms with Crippen molar-refractivity contribution in [3.63, 3.8) is 0 Å². The van der Waals surface area contributed by atoms with Gasteiger partial charge in [-0.15, -0.1) is 0 Å². The van der Waals surface area contributed by atoms with Gasteiger partial charge in [0.05, 0.1) is 12.1 Å². The number of amides is 1. The van der Waals surface area contributed by atoms with Crippen molar-refractivity contribution in [2.24, 2.45) is 0 Å². The zero-order valence-electron chi connectivity index (χ0n) is 8.30. The summed E-state index contributed by atoms with van der Waals surface area (Å²) < 4.78 is 0. The average Bonchev–Trinajstić information content (AvgIpc) is 2.28. The highest BCUT2D eigenvalue weighted by Crippen LogP contribution is 1.97. The molecule has 6 heteroatoms. The maximum absolute atomic E-state index is 11.7. The fourth-order valence-electron chi connectivity index (χ4n) is 1.12. The van der Waals surface area contributed by atoms with Crippen molar-refractivity contribution in [3.8, 4) is 12.1 Å². The van der Waals surface area contributed by atoms with E-state index in [0.29, 0.717) is 0 Å². The van der Waals surface area contributed by atoms with Crippen LogP contribution in [0.15, 0.2) is 23.3 Å². The van der Waals surface area contributed by atoms with Gasteiger partial charge in [0.2, 0.25) is 0 Å². The number of carbonyl (C=O) groups excluding carboxylic acids is 1. The van der Waals surface area contributed by atoms with Gasteiger partial charge in [-0.25, -0.2) is 0 Å². The van der Waals surface area contributed by atoms with Gasteiger partial charge in [-0.3, -0.25) is 9.59 Å². The molecule has 0 unspecified atom stereocenters. The predicted molar refractivity (Wildman–Crippen MR) is 54.2 cm³/mol. The van der Waals surface area contributed by atoms with Gasteiger partial charge in [-0.1, -0.05) is 0 Å². The Bertz CT molecular complexity index is 505. The molecule has 0 aliphatic rings. The molecule has 0 saturated heterocycles. The molecule has 0 aliphatic heterocycles. The molecule has 0 aliphatic carbocycles. The van der Waals surface area contributed by atoms with Crippen LogP contribution >= 0.6 is 0 Å². The first kappa shape index (κ1) is 11.5. The van der Waals surface area contributed by atoms with Gasteiger partial charge in [0.25, 0.3) is 5.91 Å². The molecule has 0 aromatic carbocycles. The number of rotatable bonds is 3. The lowest BCUT2D eigenvalue weighted by molar-refractivity contribution is 0.0793. The van der Waals surface area contributed by atoms with Crippen molar-refractivity contribution in [1.29, 1.82) is 10.5 Å². The predicted octanol–water partition coefficient (Wildman–Crippen LogP) is -0.136. The zero-order chi connectivity index (χ0) is 12.0. The van der Waals surface area contributed by atoms with Crippen LogP contribution in [0.3, 0.4) is 0 Å². The first-order valence-electron chi connectivity index (χ1n) is 4.41. The number of nitrogens with zero attached hydrogens (tertiary/aromatic N) is 3. The van der Waals surface area contributed by atoms with Crippen LogP contribution in [-0.4, -0.2) is 28.9 Å². The monoisotopic (exact) mass is 216 g/mol. The molecule has 0 bridgehead atoms. The van der Waals surface area contributed by atoms with Crippen LogP contribution in [0, 0.1) is 22.7 Å². The minimum atomic E-state index is -0.620. The largest absolute Gasteiger partial charge is 0.367 e. The van der Waals surface area contributed by atoms with E-state index in [0.717, 1.165) is 4.90 Å². The van der Waals surface area contributed by atoms with Gasteiger partial charge >= 0.3 is 0 Å². The standard InChI is InChI=1S/C10H8N4O2/c11-2-5-14(6-3-12)10(16)8-7-13-4-1-9(8)15/h1,4,7H,5-6H2,(H,13,15). The number of aromatic amines is 1. The van der Waals surface area contributed by atoms with E-state index >= 15 is 0 Å². The van der Waals surface area contributed by atoms with Gasteiger partial charge in [0.15, 0.2) is 5.43 Å². The smallest absolute Gasteiger partial charge is 0.261 e. The molecule has 1 aromatic heterocycles. The molecule has 0 radical (unpaired) electrons. The minimum absolute atomic E-state index is 0.0759. The number of nitriles is 2. The Morgan fingerprint density at radius 2 is 2.00 bits per heavy atom. The molecule has 1 rings (SSSR count). The Morgan fingerprint density at radius 1 is 1.38 bits per heavy atom. The number of pyridine rings is 1. The molecule has 80 valence electrons. The maximum Gasteiger partial charge on any atom is 0.261 e. The molecule has 1 amide bonds. The second-order valence-electron chi connectivity index (χ2n) is 2.90. The normalized spacial score (nSPS) is 8.88. The highest BCUT2D eigenvalue weighted by Gasteiger charge is 2.17.